The van der Waals surface area contributed by atoms with Crippen LogP contribution in [0.5, 0.6) is 0 Å². The highest BCUT2D eigenvalue weighted by atomic mass is 32.2. The molecule has 1 aromatic heterocycles. The summed E-state index contributed by atoms with van der Waals surface area (Å²) in [5, 5.41) is 2.80. The number of anilines is 1. The highest BCUT2D eigenvalue weighted by molar-refractivity contribution is 7.93. The number of carbonyl (C=O) groups is 2. The third-order valence-electron chi connectivity index (χ3n) is 3.57. The van der Waals surface area contributed by atoms with E-state index in [-0.39, 0.29) is 26.4 Å². The van der Waals surface area contributed by atoms with Crippen molar-refractivity contribution in [2.24, 2.45) is 5.73 Å². The van der Waals surface area contributed by atoms with Crippen LogP contribution in [-0.4, -0.2) is 26.0 Å². The number of allylic oxidation sites excluding steroid dienone is 3. The third-order valence-corrected chi connectivity index (χ3v) is 6.92. The molecule has 1 heterocycles. The number of nitrogens with one attached hydrogen (secondary N) is 1. The molecule has 1 aliphatic rings. The van der Waals surface area contributed by atoms with Gasteiger partial charge in [0.05, 0.1) is 11.3 Å². The van der Waals surface area contributed by atoms with Crippen molar-refractivity contribution in [3.05, 3.63) is 34.9 Å². The zero-order valence-corrected chi connectivity index (χ0v) is 14.5. The minimum atomic E-state index is -3.47. The highest BCUT2D eigenvalue weighted by Gasteiger charge is 2.23. The van der Waals surface area contributed by atoms with Gasteiger partial charge in [-0.3, -0.25) is 9.59 Å². The van der Waals surface area contributed by atoms with E-state index in [0.717, 1.165) is 23.3 Å². The van der Waals surface area contributed by atoms with Crippen molar-refractivity contribution < 1.29 is 18.0 Å². The minimum absolute atomic E-state index is 0.0139. The number of rotatable bonds is 5. The van der Waals surface area contributed by atoms with Crippen LogP contribution in [0.2, 0.25) is 0 Å². The van der Waals surface area contributed by atoms with Gasteiger partial charge in [0, 0.05) is 5.57 Å². The molecule has 0 aromatic carbocycles. The van der Waals surface area contributed by atoms with Crippen LogP contribution in [0.25, 0.3) is 0 Å². The first-order valence-electron chi connectivity index (χ1n) is 7.10. The predicted molar refractivity (Wildman–Crippen MR) is 90.3 cm³/mol. The van der Waals surface area contributed by atoms with Gasteiger partial charge in [0.2, 0.25) is 0 Å². The van der Waals surface area contributed by atoms with Crippen LogP contribution in [0.3, 0.4) is 0 Å². The van der Waals surface area contributed by atoms with Gasteiger partial charge < -0.3 is 11.1 Å². The second-order valence-corrected chi connectivity index (χ2v) is 8.69. The molecule has 1 aromatic rings. The van der Waals surface area contributed by atoms with Crippen LogP contribution in [0.1, 0.15) is 37.0 Å². The lowest BCUT2D eigenvalue weighted by Gasteiger charge is -2.13. The van der Waals surface area contributed by atoms with Crippen molar-refractivity contribution >= 4 is 38.0 Å². The van der Waals surface area contributed by atoms with E-state index in [9.17, 15) is 18.0 Å². The molecule has 2 rings (SSSR count). The summed E-state index contributed by atoms with van der Waals surface area (Å²) < 4.78 is 23.9. The third kappa shape index (κ3) is 3.70. The van der Waals surface area contributed by atoms with Crippen LogP contribution in [0, 0.1) is 0 Å². The molecule has 3 N–H and O–H groups in total. The SMILES string of the molecule is CCS(=O)(=O)c1cc(C(N)=O)c(NC(=O)C2=C(C)C=CCC2)s1. The van der Waals surface area contributed by atoms with Crippen molar-refractivity contribution in [3.63, 3.8) is 0 Å². The first kappa shape index (κ1) is 17.4. The zero-order valence-electron chi connectivity index (χ0n) is 12.9. The topological polar surface area (TPSA) is 106 Å². The van der Waals surface area contributed by atoms with Gasteiger partial charge in [-0.05, 0) is 31.4 Å². The number of carbonyl (C=O) groups excluding carboxylic acids is 2. The van der Waals surface area contributed by atoms with Crippen molar-refractivity contribution in [3.8, 4) is 0 Å². The maximum absolute atomic E-state index is 12.4. The van der Waals surface area contributed by atoms with Crippen molar-refractivity contribution in [2.45, 2.75) is 30.9 Å². The number of sulfone groups is 1. The van der Waals surface area contributed by atoms with Crippen molar-refractivity contribution in [1.29, 1.82) is 0 Å². The number of hydrogen-bond donors (Lipinski definition) is 2. The molecule has 0 fully saturated rings. The molecule has 0 bridgehead atoms. The lowest BCUT2D eigenvalue weighted by atomic mass is 9.98. The normalized spacial score (nSPS) is 14.9. The van der Waals surface area contributed by atoms with E-state index < -0.39 is 15.7 Å². The molecule has 0 atom stereocenters. The summed E-state index contributed by atoms with van der Waals surface area (Å²) in [6, 6.07) is 1.23. The molecule has 0 spiro atoms. The largest absolute Gasteiger partial charge is 0.366 e. The van der Waals surface area contributed by atoms with Gasteiger partial charge in [0.1, 0.15) is 9.21 Å². The molecule has 8 heteroatoms. The predicted octanol–water partition coefficient (Wildman–Crippen LogP) is 2.25. The molecule has 0 saturated carbocycles. The molecule has 1 aliphatic carbocycles. The van der Waals surface area contributed by atoms with Gasteiger partial charge >= 0.3 is 0 Å². The fraction of sp³-hybridized carbons (Fsp3) is 0.333. The van der Waals surface area contributed by atoms with Gasteiger partial charge in [-0.2, -0.15) is 0 Å². The van der Waals surface area contributed by atoms with Crippen LogP contribution in [0.4, 0.5) is 5.00 Å². The molecular formula is C15H18N2O4S2. The summed E-state index contributed by atoms with van der Waals surface area (Å²) >= 11 is 0.852. The van der Waals surface area contributed by atoms with Crippen LogP contribution < -0.4 is 11.1 Å². The summed E-state index contributed by atoms with van der Waals surface area (Å²) in [5.74, 6) is -1.20. The first-order valence-corrected chi connectivity index (χ1v) is 9.57. The van der Waals surface area contributed by atoms with E-state index in [1.807, 2.05) is 19.1 Å². The van der Waals surface area contributed by atoms with Crippen LogP contribution >= 0.6 is 11.3 Å². The van der Waals surface area contributed by atoms with E-state index in [2.05, 4.69) is 5.32 Å². The second-order valence-electron chi connectivity index (χ2n) is 5.13. The van der Waals surface area contributed by atoms with Crippen molar-refractivity contribution in [1.82, 2.24) is 0 Å². The van der Waals surface area contributed by atoms with Gasteiger partial charge in [-0.25, -0.2) is 8.42 Å². The Morgan fingerprint density at radius 3 is 2.65 bits per heavy atom. The van der Waals surface area contributed by atoms with E-state index in [0.29, 0.717) is 12.0 Å². The summed E-state index contributed by atoms with van der Waals surface area (Å²) in [5.41, 5.74) is 6.78. The Bertz CT molecular complexity index is 817. The van der Waals surface area contributed by atoms with Crippen molar-refractivity contribution in [2.75, 3.05) is 11.1 Å². The Kier molecular flexibility index (Phi) is 5.06. The van der Waals surface area contributed by atoms with E-state index >= 15 is 0 Å². The average Bonchev–Trinajstić information content (AvgIpc) is 2.92. The maximum Gasteiger partial charge on any atom is 0.252 e. The summed E-state index contributed by atoms with van der Waals surface area (Å²) in [4.78, 5) is 23.9. The molecule has 2 amide bonds. The quantitative estimate of drug-likeness (QED) is 0.845. The second kappa shape index (κ2) is 6.67. The number of amides is 2. The Morgan fingerprint density at radius 1 is 1.39 bits per heavy atom. The summed E-state index contributed by atoms with van der Waals surface area (Å²) in [7, 11) is -3.47. The van der Waals surface area contributed by atoms with E-state index in [1.165, 1.54) is 13.0 Å². The average molecular weight is 354 g/mol. The van der Waals surface area contributed by atoms with Crippen LogP contribution in [0.15, 0.2) is 33.6 Å². The molecule has 124 valence electrons. The van der Waals surface area contributed by atoms with Gasteiger partial charge in [-0.15, -0.1) is 11.3 Å². The summed E-state index contributed by atoms with van der Waals surface area (Å²) in [6.07, 6.45) is 5.22. The number of hydrogen-bond acceptors (Lipinski definition) is 5. The zero-order chi connectivity index (χ0) is 17.2. The molecule has 0 radical (unpaired) electrons. The summed E-state index contributed by atoms with van der Waals surface area (Å²) in [6.45, 7) is 3.35. The molecule has 6 nitrogen and oxygen atoms in total. The molecular weight excluding hydrogens is 336 g/mol. The fourth-order valence-electron chi connectivity index (χ4n) is 2.20. The Balaban J connectivity index is 2.38. The standard InChI is InChI=1S/C15H18N2O4S2/c1-3-23(20,21)12-8-11(13(16)18)15(22-12)17-14(19)10-7-5-4-6-9(10)2/h4,6,8H,3,5,7H2,1-2H3,(H2,16,18)(H,17,19). The monoisotopic (exact) mass is 354 g/mol. The van der Waals surface area contributed by atoms with Crippen LogP contribution in [-0.2, 0) is 14.6 Å². The lowest BCUT2D eigenvalue weighted by molar-refractivity contribution is -0.113. The minimum Gasteiger partial charge on any atom is -0.366 e. The van der Waals surface area contributed by atoms with Gasteiger partial charge in [0.25, 0.3) is 11.8 Å². The first-order chi connectivity index (χ1) is 10.8. The smallest absolute Gasteiger partial charge is 0.252 e. The molecule has 0 saturated heterocycles. The molecule has 0 aliphatic heterocycles. The number of primary amides is 1. The Morgan fingerprint density at radius 2 is 2.09 bits per heavy atom. The number of nitrogens with two attached hydrogens (primary N) is 1. The van der Waals surface area contributed by atoms with Gasteiger partial charge in [-0.1, -0.05) is 19.1 Å². The van der Waals surface area contributed by atoms with Gasteiger partial charge in [0.15, 0.2) is 9.84 Å². The fourth-order valence-corrected chi connectivity index (χ4v) is 4.68. The highest BCUT2D eigenvalue weighted by Crippen LogP contribution is 2.32. The Hall–Kier alpha value is -1.93. The molecule has 23 heavy (non-hydrogen) atoms. The molecule has 0 unspecified atom stereocenters. The van der Waals surface area contributed by atoms with E-state index in [4.69, 9.17) is 5.73 Å². The lowest BCUT2D eigenvalue weighted by Crippen LogP contribution is -2.19. The maximum atomic E-state index is 12.4. The number of thiophene rings is 1. The van der Waals surface area contributed by atoms with E-state index in [1.54, 1.807) is 0 Å². The Labute approximate surface area is 139 Å².